The number of benzene rings is 1. The van der Waals surface area contributed by atoms with Crippen molar-refractivity contribution in [2.24, 2.45) is 0 Å². The first-order valence-corrected chi connectivity index (χ1v) is 9.62. The molecule has 1 fully saturated rings. The van der Waals surface area contributed by atoms with E-state index in [1.807, 2.05) is 24.3 Å². The van der Waals surface area contributed by atoms with Gasteiger partial charge in [0.15, 0.2) is 15.7 Å². The number of nitrogens with one attached hydrogen (secondary N) is 2. The second-order valence-corrected chi connectivity index (χ2v) is 9.43. The summed E-state index contributed by atoms with van der Waals surface area (Å²) >= 11 is 0. The molecule has 1 heterocycles. The molecule has 0 amide bonds. The summed E-state index contributed by atoms with van der Waals surface area (Å²) in [6.07, 6.45) is 3.62. The summed E-state index contributed by atoms with van der Waals surface area (Å²) in [5, 5.41) is 10.5. The number of H-pyrrole nitrogens is 1. The molecule has 2 aromatic rings. The highest BCUT2D eigenvalue weighted by molar-refractivity contribution is 7.92. The monoisotopic (exact) mass is 334 g/mol. The van der Waals surface area contributed by atoms with Gasteiger partial charge in [-0.3, -0.25) is 5.10 Å². The molecule has 2 N–H and O–H groups in total. The molecule has 0 aliphatic heterocycles. The predicted molar refractivity (Wildman–Crippen MR) is 91.2 cm³/mol. The molecule has 1 aromatic heterocycles. The summed E-state index contributed by atoms with van der Waals surface area (Å²) in [4.78, 5) is 4.54. The van der Waals surface area contributed by atoms with Crippen LogP contribution >= 0.6 is 0 Å². The molecular formula is C16H22N4O2S. The van der Waals surface area contributed by atoms with E-state index in [1.165, 1.54) is 19.1 Å². The molecule has 23 heavy (non-hydrogen) atoms. The van der Waals surface area contributed by atoms with Gasteiger partial charge in [0.1, 0.15) is 5.82 Å². The maximum Gasteiger partial charge on any atom is 0.181 e. The molecule has 0 saturated heterocycles. The fourth-order valence-corrected chi connectivity index (χ4v) is 2.49. The molecule has 1 aliphatic rings. The molecule has 124 valence electrons. The lowest BCUT2D eigenvalue weighted by molar-refractivity contribution is 0.560. The van der Waals surface area contributed by atoms with Gasteiger partial charge in [-0.1, -0.05) is 12.1 Å². The van der Waals surface area contributed by atoms with Gasteiger partial charge in [-0.15, -0.1) is 0 Å². The Balaban J connectivity index is 1.74. The first-order valence-electron chi connectivity index (χ1n) is 7.72. The molecule has 3 rings (SSSR count). The summed E-state index contributed by atoms with van der Waals surface area (Å²) in [5.41, 5.74) is 1.77. The fourth-order valence-electron chi connectivity index (χ4n) is 2.16. The van der Waals surface area contributed by atoms with Crippen LogP contribution in [-0.2, 0) is 9.84 Å². The van der Waals surface area contributed by atoms with E-state index in [2.05, 4.69) is 20.5 Å². The zero-order chi connectivity index (χ0) is 16.7. The normalized spacial score (nSPS) is 15.6. The molecule has 7 heteroatoms. The summed E-state index contributed by atoms with van der Waals surface area (Å²) in [6.45, 7) is 3.78. The third kappa shape index (κ3) is 3.55. The van der Waals surface area contributed by atoms with E-state index in [0.717, 1.165) is 17.1 Å². The van der Waals surface area contributed by atoms with Gasteiger partial charge in [0, 0.05) is 30.0 Å². The minimum atomic E-state index is -3.13. The topological polar surface area (TPSA) is 87.7 Å². The van der Waals surface area contributed by atoms with Crippen LogP contribution < -0.4 is 5.32 Å². The van der Waals surface area contributed by atoms with Gasteiger partial charge >= 0.3 is 0 Å². The van der Waals surface area contributed by atoms with Crippen molar-refractivity contribution in [1.29, 1.82) is 0 Å². The SMILES string of the molecule is CC(C)(CNc1cccc(-c2n[nH]c(C3CC3)n2)c1)S(C)(=O)=O. The van der Waals surface area contributed by atoms with Gasteiger partial charge in [-0.2, -0.15) is 5.10 Å². The molecular weight excluding hydrogens is 312 g/mol. The molecule has 0 atom stereocenters. The van der Waals surface area contributed by atoms with Crippen LogP contribution in [0.4, 0.5) is 5.69 Å². The number of rotatable bonds is 6. The highest BCUT2D eigenvalue weighted by Gasteiger charge is 2.30. The molecule has 0 unspecified atom stereocenters. The highest BCUT2D eigenvalue weighted by Crippen LogP contribution is 2.38. The zero-order valence-electron chi connectivity index (χ0n) is 13.6. The first-order chi connectivity index (χ1) is 10.8. The van der Waals surface area contributed by atoms with Crippen LogP contribution in [0, 0.1) is 0 Å². The van der Waals surface area contributed by atoms with Crippen LogP contribution in [0.3, 0.4) is 0 Å². The van der Waals surface area contributed by atoms with Crippen molar-refractivity contribution < 1.29 is 8.42 Å². The Labute approximate surface area is 136 Å². The number of hydrogen-bond acceptors (Lipinski definition) is 5. The number of aromatic nitrogens is 3. The van der Waals surface area contributed by atoms with Crippen LogP contribution in [0.25, 0.3) is 11.4 Å². The lowest BCUT2D eigenvalue weighted by Crippen LogP contribution is -2.38. The smallest absolute Gasteiger partial charge is 0.181 e. The number of hydrogen-bond donors (Lipinski definition) is 2. The number of anilines is 1. The Hall–Kier alpha value is -1.89. The van der Waals surface area contributed by atoms with Crippen molar-refractivity contribution in [2.45, 2.75) is 37.4 Å². The molecule has 1 aliphatic carbocycles. The van der Waals surface area contributed by atoms with Crippen LogP contribution in [0.1, 0.15) is 38.4 Å². The maximum absolute atomic E-state index is 11.8. The minimum absolute atomic E-state index is 0.344. The van der Waals surface area contributed by atoms with Crippen LogP contribution in [0.5, 0.6) is 0 Å². The standard InChI is InChI=1S/C16H22N4O2S/c1-16(2,23(3,21)22)10-17-13-6-4-5-12(9-13)15-18-14(19-20-15)11-7-8-11/h4-6,9,11,17H,7-8,10H2,1-3H3,(H,18,19,20). The summed E-state index contributed by atoms with van der Waals surface area (Å²) in [7, 11) is -3.13. The fraction of sp³-hybridized carbons (Fsp3) is 0.500. The molecule has 1 aromatic carbocycles. The predicted octanol–water partition coefficient (Wildman–Crippen LogP) is 2.58. The quantitative estimate of drug-likeness (QED) is 0.848. The molecule has 0 radical (unpaired) electrons. The Morgan fingerprint density at radius 3 is 2.74 bits per heavy atom. The van der Waals surface area contributed by atoms with Gasteiger partial charge in [0.2, 0.25) is 0 Å². The third-order valence-corrected chi connectivity index (χ3v) is 6.46. The van der Waals surface area contributed by atoms with E-state index in [1.54, 1.807) is 13.8 Å². The van der Waals surface area contributed by atoms with E-state index in [4.69, 9.17) is 0 Å². The summed E-state index contributed by atoms with van der Waals surface area (Å²) < 4.78 is 22.7. The van der Waals surface area contributed by atoms with Gasteiger partial charge in [-0.05, 0) is 38.8 Å². The summed E-state index contributed by atoms with van der Waals surface area (Å²) in [5.74, 6) is 2.17. The van der Waals surface area contributed by atoms with E-state index < -0.39 is 14.6 Å². The van der Waals surface area contributed by atoms with Crippen molar-refractivity contribution in [3.8, 4) is 11.4 Å². The average Bonchev–Trinajstić information content (AvgIpc) is 3.22. The highest BCUT2D eigenvalue weighted by atomic mass is 32.2. The van der Waals surface area contributed by atoms with Gasteiger partial charge in [-0.25, -0.2) is 13.4 Å². The Kier molecular flexibility index (Phi) is 3.91. The van der Waals surface area contributed by atoms with Gasteiger partial charge < -0.3 is 5.32 Å². The van der Waals surface area contributed by atoms with Crippen molar-refractivity contribution in [1.82, 2.24) is 15.2 Å². The number of sulfone groups is 1. The van der Waals surface area contributed by atoms with Crippen LogP contribution in [0.2, 0.25) is 0 Å². The lowest BCUT2D eigenvalue weighted by Gasteiger charge is -2.23. The second kappa shape index (κ2) is 5.63. The Morgan fingerprint density at radius 1 is 1.35 bits per heavy atom. The third-order valence-electron chi connectivity index (χ3n) is 4.31. The maximum atomic E-state index is 11.8. The minimum Gasteiger partial charge on any atom is -0.383 e. The molecule has 6 nitrogen and oxygen atoms in total. The van der Waals surface area contributed by atoms with E-state index in [0.29, 0.717) is 18.3 Å². The number of aromatic amines is 1. The molecule has 0 bridgehead atoms. The van der Waals surface area contributed by atoms with Crippen LogP contribution in [0.15, 0.2) is 24.3 Å². The van der Waals surface area contributed by atoms with E-state index in [9.17, 15) is 8.42 Å². The molecule has 1 saturated carbocycles. The van der Waals surface area contributed by atoms with Crippen molar-refractivity contribution in [3.63, 3.8) is 0 Å². The van der Waals surface area contributed by atoms with E-state index in [-0.39, 0.29) is 0 Å². The van der Waals surface area contributed by atoms with Gasteiger partial charge in [0.05, 0.1) is 4.75 Å². The van der Waals surface area contributed by atoms with Crippen molar-refractivity contribution in [3.05, 3.63) is 30.1 Å². The lowest BCUT2D eigenvalue weighted by atomic mass is 10.1. The summed E-state index contributed by atoms with van der Waals surface area (Å²) in [6, 6.07) is 7.72. The van der Waals surface area contributed by atoms with Crippen LogP contribution in [-0.4, -0.2) is 41.1 Å². The number of nitrogens with zero attached hydrogens (tertiary/aromatic N) is 2. The van der Waals surface area contributed by atoms with E-state index >= 15 is 0 Å². The second-order valence-electron chi connectivity index (χ2n) is 6.78. The Bertz CT molecular complexity index is 807. The first kappa shape index (κ1) is 16.0. The molecule has 0 spiro atoms. The van der Waals surface area contributed by atoms with Crippen molar-refractivity contribution in [2.75, 3.05) is 18.1 Å². The zero-order valence-corrected chi connectivity index (χ0v) is 14.4. The van der Waals surface area contributed by atoms with Crippen molar-refractivity contribution >= 4 is 15.5 Å². The largest absolute Gasteiger partial charge is 0.383 e. The Morgan fingerprint density at radius 2 is 2.09 bits per heavy atom. The average molecular weight is 334 g/mol. The van der Waals surface area contributed by atoms with Gasteiger partial charge in [0.25, 0.3) is 0 Å².